The van der Waals surface area contributed by atoms with E-state index in [4.69, 9.17) is 10.6 Å². The Morgan fingerprint density at radius 3 is 2.50 bits per heavy atom. The van der Waals surface area contributed by atoms with Crippen molar-refractivity contribution >= 4 is 17.5 Å². The van der Waals surface area contributed by atoms with Gasteiger partial charge in [-0.2, -0.15) is 0 Å². The van der Waals surface area contributed by atoms with E-state index in [0.29, 0.717) is 5.56 Å². The fourth-order valence-electron chi connectivity index (χ4n) is 1.67. The van der Waals surface area contributed by atoms with Crippen LogP contribution in [0.1, 0.15) is 21.5 Å². The Morgan fingerprint density at radius 2 is 1.86 bits per heavy atom. The topological polar surface area (TPSA) is 108 Å². The lowest BCUT2D eigenvalue weighted by atomic mass is 10.1. The van der Waals surface area contributed by atoms with E-state index in [1.54, 1.807) is 12.1 Å². The normalized spacial score (nSPS) is 11.0. The van der Waals surface area contributed by atoms with Crippen LogP contribution in [0.3, 0.4) is 0 Å². The minimum absolute atomic E-state index is 0.0228. The van der Waals surface area contributed by atoms with Gasteiger partial charge < -0.3 is 10.6 Å². The van der Waals surface area contributed by atoms with Crippen LogP contribution in [0.2, 0.25) is 0 Å². The van der Waals surface area contributed by atoms with Gasteiger partial charge in [-0.05, 0) is 13.0 Å². The highest BCUT2D eigenvalue weighted by atomic mass is 16.7. The largest absolute Gasteiger partial charge is 0.380 e. The number of hydrogen-bond acceptors (Lipinski definition) is 5. The molecule has 0 spiro atoms. The highest BCUT2D eigenvalue weighted by Crippen LogP contribution is 2.14. The van der Waals surface area contributed by atoms with Crippen LogP contribution < -0.4 is 5.73 Å². The van der Waals surface area contributed by atoms with Crippen molar-refractivity contribution in [1.29, 1.82) is 0 Å². The first kappa shape index (κ1) is 15.2. The zero-order valence-corrected chi connectivity index (χ0v) is 11.7. The molecule has 0 heterocycles. The van der Waals surface area contributed by atoms with E-state index in [1.807, 2.05) is 19.1 Å². The molecule has 0 fully saturated rings. The van der Waals surface area contributed by atoms with Crippen LogP contribution in [0.15, 0.2) is 53.7 Å². The number of carbonyl (C=O) groups excluding carboxylic acids is 1. The molecule has 0 atom stereocenters. The van der Waals surface area contributed by atoms with Crippen molar-refractivity contribution in [2.45, 2.75) is 6.92 Å². The summed E-state index contributed by atoms with van der Waals surface area (Å²) in [5, 5.41) is 14.2. The van der Waals surface area contributed by atoms with Gasteiger partial charge in [-0.3, -0.25) is 10.1 Å². The second-order valence-corrected chi connectivity index (χ2v) is 4.53. The number of aryl methyl sites for hydroxylation is 1. The summed E-state index contributed by atoms with van der Waals surface area (Å²) >= 11 is 0. The van der Waals surface area contributed by atoms with Gasteiger partial charge in [0.1, 0.15) is 0 Å². The third-order valence-corrected chi connectivity index (χ3v) is 2.87. The number of amidine groups is 1. The van der Waals surface area contributed by atoms with Gasteiger partial charge in [0.05, 0.1) is 10.5 Å². The average Bonchev–Trinajstić information content (AvgIpc) is 2.53. The second-order valence-electron chi connectivity index (χ2n) is 4.53. The lowest BCUT2D eigenvalue weighted by Gasteiger charge is -2.02. The molecule has 0 amide bonds. The summed E-state index contributed by atoms with van der Waals surface area (Å²) in [6.07, 6.45) is 0. The maximum atomic E-state index is 11.8. The number of nitro benzene ring substituents is 1. The fraction of sp³-hybridized carbons (Fsp3) is 0.0667. The van der Waals surface area contributed by atoms with E-state index in [1.165, 1.54) is 18.2 Å². The van der Waals surface area contributed by atoms with Crippen molar-refractivity contribution in [2.75, 3.05) is 0 Å². The molecule has 0 saturated heterocycles. The molecule has 0 aliphatic carbocycles. The van der Waals surface area contributed by atoms with Gasteiger partial charge in [-0.25, -0.2) is 4.79 Å². The van der Waals surface area contributed by atoms with Gasteiger partial charge in [-0.1, -0.05) is 41.1 Å². The predicted octanol–water partition coefficient (Wildman–Crippen LogP) is 2.38. The molecule has 2 N–H and O–H groups in total. The van der Waals surface area contributed by atoms with Gasteiger partial charge in [0.2, 0.25) is 0 Å². The molecule has 7 heteroatoms. The number of nitrogens with zero attached hydrogens (tertiary/aromatic N) is 2. The van der Waals surface area contributed by atoms with Gasteiger partial charge in [0.25, 0.3) is 5.69 Å². The van der Waals surface area contributed by atoms with Crippen molar-refractivity contribution in [1.82, 2.24) is 0 Å². The SMILES string of the molecule is Cc1ccc(/C(N)=N/OC(=O)c2cccc([N+](=O)[O-])c2)cc1. The minimum Gasteiger partial charge on any atom is -0.380 e. The van der Waals surface area contributed by atoms with Gasteiger partial charge >= 0.3 is 5.97 Å². The summed E-state index contributed by atoms with van der Waals surface area (Å²) in [7, 11) is 0. The fourth-order valence-corrected chi connectivity index (χ4v) is 1.67. The molecule has 2 rings (SSSR count). The summed E-state index contributed by atoms with van der Waals surface area (Å²) in [4.78, 5) is 26.6. The molecule has 2 aromatic rings. The Balaban J connectivity index is 2.11. The van der Waals surface area contributed by atoms with E-state index in [9.17, 15) is 14.9 Å². The molecule has 7 nitrogen and oxygen atoms in total. The molecule has 112 valence electrons. The van der Waals surface area contributed by atoms with Gasteiger partial charge in [0.15, 0.2) is 5.84 Å². The number of nitrogens with two attached hydrogens (primary N) is 1. The Kier molecular flexibility index (Phi) is 4.47. The molecule has 0 aromatic heterocycles. The van der Waals surface area contributed by atoms with E-state index < -0.39 is 10.9 Å². The van der Waals surface area contributed by atoms with Crippen molar-refractivity contribution in [3.63, 3.8) is 0 Å². The smallest absolute Gasteiger partial charge is 0.366 e. The zero-order chi connectivity index (χ0) is 16.1. The van der Waals surface area contributed by atoms with Gasteiger partial charge in [-0.15, -0.1) is 0 Å². The number of carbonyl (C=O) groups is 1. The summed E-state index contributed by atoms with van der Waals surface area (Å²) in [6.45, 7) is 1.93. The molecular formula is C15H13N3O4. The number of hydrogen-bond donors (Lipinski definition) is 1. The molecule has 0 radical (unpaired) electrons. The molecular weight excluding hydrogens is 286 g/mol. The van der Waals surface area contributed by atoms with Crippen LogP contribution in [-0.4, -0.2) is 16.7 Å². The number of non-ortho nitro benzene ring substituents is 1. The van der Waals surface area contributed by atoms with Crippen LogP contribution in [0.25, 0.3) is 0 Å². The summed E-state index contributed by atoms with van der Waals surface area (Å²) in [6, 6.07) is 12.4. The first-order valence-electron chi connectivity index (χ1n) is 6.33. The predicted molar refractivity (Wildman–Crippen MR) is 80.4 cm³/mol. The minimum atomic E-state index is -0.821. The Morgan fingerprint density at radius 1 is 1.18 bits per heavy atom. The standard InChI is InChI=1S/C15H13N3O4/c1-10-5-7-11(8-6-10)14(16)17-22-15(19)12-3-2-4-13(9-12)18(20)21/h2-9H,1H3,(H2,16,17). The zero-order valence-electron chi connectivity index (χ0n) is 11.7. The summed E-state index contributed by atoms with van der Waals surface area (Å²) in [5.74, 6) is -0.780. The van der Waals surface area contributed by atoms with Crippen molar-refractivity contribution in [2.24, 2.45) is 10.9 Å². The Labute approximate surface area is 126 Å². The van der Waals surface area contributed by atoms with Crippen LogP contribution in [0.5, 0.6) is 0 Å². The number of benzene rings is 2. The lowest BCUT2D eigenvalue weighted by molar-refractivity contribution is -0.384. The Hall–Kier alpha value is -3.22. The van der Waals surface area contributed by atoms with Crippen molar-refractivity contribution in [3.05, 3.63) is 75.3 Å². The average molecular weight is 299 g/mol. The highest BCUT2D eigenvalue weighted by Gasteiger charge is 2.13. The van der Waals surface area contributed by atoms with Gasteiger partial charge in [0, 0.05) is 17.7 Å². The lowest BCUT2D eigenvalue weighted by Crippen LogP contribution is -2.15. The summed E-state index contributed by atoms with van der Waals surface area (Å²) < 4.78 is 0. The quantitative estimate of drug-likeness (QED) is 0.306. The monoisotopic (exact) mass is 299 g/mol. The first-order chi connectivity index (χ1) is 10.5. The first-order valence-corrected chi connectivity index (χ1v) is 6.33. The third kappa shape index (κ3) is 3.66. The molecule has 0 aliphatic rings. The molecule has 2 aromatic carbocycles. The molecule has 0 unspecified atom stereocenters. The van der Waals surface area contributed by atoms with E-state index in [-0.39, 0.29) is 17.1 Å². The van der Waals surface area contributed by atoms with Crippen molar-refractivity contribution < 1.29 is 14.6 Å². The summed E-state index contributed by atoms with van der Waals surface area (Å²) in [5.41, 5.74) is 7.20. The number of rotatable bonds is 4. The van der Waals surface area contributed by atoms with E-state index in [0.717, 1.165) is 11.6 Å². The van der Waals surface area contributed by atoms with Crippen LogP contribution in [-0.2, 0) is 4.84 Å². The molecule has 0 saturated carbocycles. The third-order valence-electron chi connectivity index (χ3n) is 2.87. The maximum absolute atomic E-state index is 11.8. The second kappa shape index (κ2) is 6.49. The van der Waals surface area contributed by atoms with E-state index >= 15 is 0 Å². The highest BCUT2D eigenvalue weighted by molar-refractivity contribution is 5.98. The maximum Gasteiger partial charge on any atom is 0.366 e. The van der Waals surface area contributed by atoms with Crippen LogP contribution in [0, 0.1) is 17.0 Å². The number of nitro groups is 1. The van der Waals surface area contributed by atoms with E-state index in [2.05, 4.69) is 5.16 Å². The van der Waals surface area contributed by atoms with Crippen LogP contribution in [0.4, 0.5) is 5.69 Å². The molecule has 0 bridgehead atoms. The molecule has 22 heavy (non-hydrogen) atoms. The molecule has 0 aliphatic heterocycles. The number of oxime groups is 1. The van der Waals surface area contributed by atoms with Crippen LogP contribution >= 0.6 is 0 Å². The van der Waals surface area contributed by atoms with Crippen molar-refractivity contribution in [3.8, 4) is 0 Å². The Bertz CT molecular complexity index is 739.